The van der Waals surface area contributed by atoms with Crippen molar-refractivity contribution in [2.45, 2.75) is 26.2 Å². The first-order chi connectivity index (χ1) is 3.93. The van der Waals surface area contributed by atoms with Crippen LogP contribution in [0.4, 0.5) is 0 Å². The second kappa shape index (κ2) is 5.16. The summed E-state index contributed by atoms with van der Waals surface area (Å²) in [5, 5.41) is 0. The maximum atomic E-state index is 2.30. The van der Waals surface area contributed by atoms with Crippen LogP contribution in [0.15, 0.2) is 23.8 Å². The van der Waals surface area contributed by atoms with Crippen molar-refractivity contribution in [2.24, 2.45) is 0 Å². The molecule has 1 rings (SSSR count). The van der Waals surface area contributed by atoms with E-state index < -0.39 is 0 Å². The van der Waals surface area contributed by atoms with Crippen molar-refractivity contribution < 1.29 is 25.8 Å². The Bertz CT molecular complexity index is 123. The molecule has 0 atom stereocenters. The van der Waals surface area contributed by atoms with Gasteiger partial charge in [0.15, 0.2) is 0 Å². The first-order valence-corrected chi connectivity index (χ1v) is 3.29. The Hall–Kier alpha value is 0.350. The molecular weight excluding hydrogens is 275 g/mol. The molecule has 48 valence electrons. The van der Waals surface area contributed by atoms with E-state index in [1.165, 1.54) is 18.4 Å². The van der Waals surface area contributed by atoms with Gasteiger partial charge in [-0.25, -0.2) is 0 Å². The Balaban J connectivity index is 0.000000640. The van der Waals surface area contributed by atoms with Gasteiger partial charge in [-0.2, -0.15) is 0 Å². The molecule has 0 nitrogen and oxygen atoms in total. The second-order valence-corrected chi connectivity index (χ2v) is 2.17. The van der Waals surface area contributed by atoms with Crippen LogP contribution < -0.4 is 0 Å². The molecule has 0 saturated heterocycles. The largest absolute Gasteiger partial charge is 0.0805 e. The van der Waals surface area contributed by atoms with E-state index in [0.717, 1.165) is 6.42 Å². The van der Waals surface area contributed by atoms with E-state index in [1.807, 2.05) is 0 Å². The minimum absolute atomic E-state index is 0. The van der Waals surface area contributed by atoms with Crippen LogP contribution in [0.2, 0.25) is 0 Å². The predicted molar refractivity (Wildman–Crippen MR) is 36.7 cm³/mol. The summed E-state index contributed by atoms with van der Waals surface area (Å²) < 4.78 is 0. The van der Waals surface area contributed by atoms with E-state index in [2.05, 4.69) is 25.2 Å². The van der Waals surface area contributed by atoms with Crippen molar-refractivity contribution in [3.63, 3.8) is 0 Å². The second-order valence-electron chi connectivity index (χ2n) is 2.17. The van der Waals surface area contributed by atoms with Crippen molar-refractivity contribution >= 4 is 0 Å². The third-order valence-corrected chi connectivity index (χ3v) is 1.39. The minimum atomic E-state index is 0. The molecular formula is C8H12Hf. The monoisotopic (exact) mass is 288 g/mol. The molecule has 0 aromatic carbocycles. The molecule has 0 aromatic heterocycles. The van der Waals surface area contributed by atoms with Gasteiger partial charge in [0.25, 0.3) is 0 Å². The molecule has 0 aliphatic heterocycles. The van der Waals surface area contributed by atoms with Crippen LogP contribution in [0, 0.1) is 0 Å². The SMILES string of the molecule is CCCC1=CCC=C1.[Hf]. The Morgan fingerprint density at radius 3 is 2.78 bits per heavy atom. The van der Waals surface area contributed by atoms with Crippen LogP contribution in [0.1, 0.15) is 26.2 Å². The number of rotatable bonds is 2. The van der Waals surface area contributed by atoms with Gasteiger partial charge in [0.2, 0.25) is 0 Å². The van der Waals surface area contributed by atoms with E-state index in [4.69, 9.17) is 0 Å². The summed E-state index contributed by atoms with van der Waals surface area (Å²) in [7, 11) is 0. The molecule has 0 aromatic rings. The third-order valence-electron chi connectivity index (χ3n) is 1.39. The fourth-order valence-electron chi connectivity index (χ4n) is 0.981. The summed E-state index contributed by atoms with van der Waals surface area (Å²) in [4.78, 5) is 0. The zero-order valence-electron chi connectivity index (χ0n) is 5.85. The van der Waals surface area contributed by atoms with Crippen molar-refractivity contribution in [3.05, 3.63) is 23.8 Å². The fraction of sp³-hybridized carbons (Fsp3) is 0.500. The quantitative estimate of drug-likeness (QED) is 0.685. The van der Waals surface area contributed by atoms with Crippen molar-refractivity contribution in [1.82, 2.24) is 0 Å². The third kappa shape index (κ3) is 3.14. The average Bonchev–Trinajstić information content (AvgIpc) is 2.19. The van der Waals surface area contributed by atoms with Crippen LogP contribution >= 0.6 is 0 Å². The maximum Gasteiger partial charge on any atom is 0 e. The number of hydrogen-bond acceptors (Lipinski definition) is 0. The van der Waals surface area contributed by atoms with Gasteiger partial charge in [0.1, 0.15) is 0 Å². The van der Waals surface area contributed by atoms with E-state index >= 15 is 0 Å². The van der Waals surface area contributed by atoms with Crippen LogP contribution in [-0.4, -0.2) is 0 Å². The average molecular weight is 287 g/mol. The van der Waals surface area contributed by atoms with Crippen molar-refractivity contribution in [2.75, 3.05) is 0 Å². The van der Waals surface area contributed by atoms with Gasteiger partial charge in [-0.1, -0.05) is 37.1 Å². The molecule has 0 heterocycles. The van der Waals surface area contributed by atoms with Crippen LogP contribution in [0.25, 0.3) is 0 Å². The molecule has 1 aliphatic carbocycles. The molecule has 9 heavy (non-hydrogen) atoms. The summed E-state index contributed by atoms with van der Waals surface area (Å²) >= 11 is 0. The molecule has 0 saturated carbocycles. The van der Waals surface area contributed by atoms with Crippen LogP contribution in [0.3, 0.4) is 0 Å². The van der Waals surface area contributed by atoms with Crippen molar-refractivity contribution in [1.29, 1.82) is 0 Å². The molecule has 0 N–H and O–H groups in total. The van der Waals surface area contributed by atoms with Gasteiger partial charge < -0.3 is 0 Å². The van der Waals surface area contributed by atoms with Crippen LogP contribution in [0.5, 0.6) is 0 Å². The molecule has 0 unspecified atom stereocenters. The van der Waals surface area contributed by atoms with Gasteiger partial charge in [-0.3, -0.25) is 0 Å². The minimum Gasteiger partial charge on any atom is -0.0805 e. The summed E-state index contributed by atoms with van der Waals surface area (Å²) in [5.41, 5.74) is 1.52. The molecule has 0 amide bonds. The molecule has 0 fully saturated rings. The zero-order valence-corrected chi connectivity index (χ0v) is 9.45. The van der Waals surface area contributed by atoms with Crippen LogP contribution in [-0.2, 0) is 25.8 Å². The normalized spacial score (nSPS) is 15.0. The van der Waals surface area contributed by atoms with E-state index in [1.54, 1.807) is 0 Å². The molecule has 1 heteroatoms. The van der Waals surface area contributed by atoms with Gasteiger partial charge in [0, 0.05) is 25.8 Å². The van der Waals surface area contributed by atoms with E-state index in [-0.39, 0.29) is 25.8 Å². The van der Waals surface area contributed by atoms with Gasteiger partial charge in [-0.15, -0.1) is 0 Å². The summed E-state index contributed by atoms with van der Waals surface area (Å²) in [6.45, 7) is 2.22. The van der Waals surface area contributed by atoms with Gasteiger partial charge in [-0.05, 0) is 12.8 Å². The summed E-state index contributed by atoms with van der Waals surface area (Å²) in [6.07, 6.45) is 10.4. The topological polar surface area (TPSA) is 0 Å². The number of allylic oxidation sites excluding steroid dienone is 4. The Morgan fingerprint density at radius 2 is 2.33 bits per heavy atom. The molecule has 0 radical (unpaired) electrons. The smallest absolute Gasteiger partial charge is 0 e. The Labute approximate surface area is 75.8 Å². The fourth-order valence-corrected chi connectivity index (χ4v) is 0.981. The zero-order chi connectivity index (χ0) is 5.82. The molecule has 0 bridgehead atoms. The molecule has 0 spiro atoms. The van der Waals surface area contributed by atoms with E-state index in [0.29, 0.717) is 0 Å². The number of hydrogen-bond donors (Lipinski definition) is 0. The Morgan fingerprint density at radius 1 is 1.56 bits per heavy atom. The van der Waals surface area contributed by atoms with E-state index in [9.17, 15) is 0 Å². The predicted octanol–water partition coefficient (Wildman–Crippen LogP) is 2.67. The molecule has 1 aliphatic rings. The standard InChI is InChI=1S/C8H12.Hf/c1-2-5-8-6-3-4-7-8;/h3,6-7H,2,4-5H2,1H3;. The van der Waals surface area contributed by atoms with Gasteiger partial charge in [0.05, 0.1) is 0 Å². The summed E-state index contributed by atoms with van der Waals surface area (Å²) in [6, 6.07) is 0. The maximum absolute atomic E-state index is 2.30. The summed E-state index contributed by atoms with van der Waals surface area (Å²) in [5.74, 6) is 0. The Kier molecular flexibility index (Phi) is 5.36. The first kappa shape index (κ1) is 9.35. The van der Waals surface area contributed by atoms with Crippen molar-refractivity contribution in [3.8, 4) is 0 Å². The first-order valence-electron chi connectivity index (χ1n) is 3.29. The van der Waals surface area contributed by atoms with Gasteiger partial charge >= 0.3 is 0 Å².